The SMILES string of the molecule is C=C(CCC12CCCN1CCC2)N=C1CN(c2cc(O)cc3ccc(F)c(CC)c23)CC/C1=C(/C)N1CCCN=C(/C(OC)=C(\N)C=O)C1.CN(C)C. The average molecular weight is 730 g/mol. The normalized spacial score (nSPS) is 21.1. The predicted molar refractivity (Wildman–Crippen MR) is 215 cm³/mol. The van der Waals surface area contributed by atoms with Gasteiger partial charge in [0.2, 0.25) is 0 Å². The van der Waals surface area contributed by atoms with Crippen LogP contribution in [0.15, 0.2) is 69.3 Å². The van der Waals surface area contributed by atoms with Crippen LogP contribution in [0.3, 0.4) is 0 Å². The van der Waals surface area contributed by atoms with Gasteiger partial charge in [-0.05, 0) is 128 Å². The van der Waals surface area contributed by atoms with Crippen molar-refractivity contribution in [2.45, 2.75) is 77.2 Å². The molecule has 11 heteroatoms. The lowest BCUT2D eigenvalue weighted by Gasteiger charge is -2.36. The van der Waals surface area contributed by atoms with Gasteiger partial charge in [0.25, 0.3) is 0 Å². The Balaban J connectivity index is 0.00000129. The molecule has 6 rings (SSSR count). The van der Waals surface area contributed by atoms with E-state index in [1.165, 1.54) is 51.9 Å². The van der Waals surface area contributed by atoms with E-state index in [-0.39, 0.29) is 22.8 Å². The molecule has 0 radical (unpaired) electrons. The highest BCUT2D eigenvalue weighted by Gasteiger charge is 2.43. The number of halogens is 1. The van der Waals surface area contributed by atoms with Crippen LogP contribution in [-0.4, -0.2) is 117 Å². The minimum Gasteiger partial charge on any atom is -0.508 e. The summed E-state index contributed by atoms with van der Waals surface area (Å²) in [6.07, 6.45) is 9.62. The van der Waals surface area contributed by atoms with E-state index >= 15 is 4.39 Å². The van der Waals surface area contributed by atoms with Gasteiger partial charge in [-0.15, -0.1) is 0 Å². The second kappa shape index (κ2) is 17.7. The first-order valence-corrected chi connectivity index (χ1v) is 19.2. The number of carbonyl (C=O) groups is 1. The van der Waals surface area contributed by atoms with Crippen molar-refractivity contribution >= 4 is 34.2 Å². The first kappa shape index (κ1) is 40.0. The lowest BCUT2D eigenvalue weighted by Crippen LogP contribution is -2.40. The number of fused-ring (bicyclic) bond motifs is 2. The maximum Gasteiger partial charge on any atom is 0.169 e. The quantitative estimate of drug-likeness (QED) is 0.164. The van der Waals surface area contributed by atoms with Crippen LogP contribution in [0, 0.1) is 5.82 Å². The molecule has 3 fully saturated rings. The number of allylic oxidation sites excluding steroid dienone is 3. The topological polar surface area (TPSA) is 110 Å². The number of methoxy groups -OCH3 is 1. The van der Waals surface area contributed by atoms with Crippen molar-refractivity contribution < 1.29 is 19.0 Å². The van der Waals surface area contributed by atoms with E-state index in [0.29, 0.717) is 62.3 Å². The van der Waals surface area contributed by atoms with Gasteiger partial charge in [-0.2, -0.15) is 0 Å². The Morgan fingerprint density at radius 3 is 2.51 bits per heavy atom. The minimum absolute atomic E-state index is 0.0315. The van der Waals surface area contributed by atoms with Crippen LogP contribution < -0.4 is 10.6 Å². The Morgan fingerprint density at radius 1 is 1.13 bits per heavy atom. The molecule has 2 aromatic carbocycles. The highest BCUT2D eigenvalue weighted by atomic mass is 19.1. The zero-order chi connectivity index (χ0) is 38.3. The molecule has 3 N–H and O–H groups in total. The fraction of sp³-hybridized carbons (Fsp3) is 0.548. The summed E-state index contributed by atoms with van der Waals surface area (Å²) in [4.78, 5) is 30.8. The first-order chi connectivity index (χ1) is 25.4. The van der Waals surface area contributed by atoms with Crippen molar-refractivity contribution in [1.29, 1.82) is 0 Å². The average Bonchev–Trinajstić information content (AvgIpc) is 3.62. The van der Waals surface area contributed by atoms with Gasteiger partial charge in [0.1, 0.15) is 17.3 Å². The summed E-state index contributed by atoms with van der Waals surface area (Å²) in [6, 6.07) is 6.71. The summed E-state index contributed by atoms with van der Waals surface area (Å²) < 4.78 is 20.7. The van der Waals surface area contributed by atoms with E-state index in [1.54, 1.807) is 18.2 Å². The third-order valence-corrected chi connectivity index (χ3v) is 11.1. The number of nitrogens with two attached hydrogens (primary N) is 1. The molecule has 2 aromatic rings. The molecule has 0 bridgehead atoms. The molecule has 288 valence electrons. The molecule has 4 aliphatic rings. The molecule has 10 nitrogen and oxygen atoms in total. The van der Waals surface area contributed by atoms with Crippen molar-refractivity contribution in [1.82, 2.24) is 14.7 Å². The van der Waals surface area contributed by atoms with Gasteiger partial charge in [0.05, 0.1) is 31.6 Å². The maximum atomic E-state index is 15.1. The molecule has 0 saturated carbocycles. The molecule has 0 aromatic heterocycles. The number of hydrogen-bond acceptors (Lipinski definition) is 10. The summed E-state index contributed by atoms with van der Waals surface area (Å²) in [5, 5.41) is 12.4. The summed E-state index contributed by atoms with van der Waals surface area (Å²) in [5.74, 6) is 0.239. The smallest absolute Gasteiger partial charge is 0.169 e. The number of aromatic hydroxyl groups is 1. The van der Waals surface area contributed by atoms with Crippen molar-refractivity contribution in [2.24, 2.45) is 15.7 Å². The summed E-state index contributed by atoms with van der Waals surface area (Å²) >= 11 is 0. The van der Waals surface area contributed by atoms with E-state index in [2.05, 4.69) is 28.2 Å². The zero-order valence-electron chi connectivity index (χ0n) is 32.8. The Kier molecular flexibility index (Phi) is 13.4. The molecule has 0 aliphatic carbocycles. The van der Waals surface area contributed by atoms with Gasteiger partial charge in [-0.1, -0.05) is 19.6 Å². The second-order valence-corrected chi connectivity index (χ2v) is 15.3. The number of aryl methyl sites for hydroxylation is 1. The number of aldehydes is 1. The molecule has 53 heavy (non-hydrogen) atoms. The van der Waals surface area contributed by atoms with E-state index in [9.17, 15) is 9.90 Å². The highest BCUT2D eigenvalue weighted by Crippen LogP contribution is 2.43. The second-order valence-electron chi connectivity index (χ2n) is 15.3. The van der Waals surface area contributed by atoms with Crippen molar-refractivity contribution in [3.05, 3.63) is 70.6 Å². The zero-order valence-corrected chi connectivity index (χ0v) is 32.8. The fourth-order valence-corrected chi connectivity index (χ4v) is 8.64. The van der Waals surface area contributed by atoms with Gasteiger partial charge in [-0.3, -0.25) is 19.7 Å². The Bertz CT molecular complexity index is 1780. The standard InChI is InChI=1S/C39H51FN6O3.C3H9N/c1-5-30-32(40)10-9-28-21-29(48)22-36(37(28)30)45-20-12-31(27(3)44-17-8-16-42-35(24-44)38(49-4)33(41)25-47)34(23-45)43-26(2)11-15-39-13-6-18-46(39)19-7-14-39;1-4(2)3/h9-10,21-22,25,48H,2,5-8,11-20,23-24,41H2,1,3-4H3;1-3H3/b31-27+,38-33+,43-34?;. The number of piperidine rings is 1. The number of phenolic OH excluding ortho intramolecular Hbond substituents is 1. The summed E-state index contributed by atoms with van der Waals surface area (Å²) in [6.45, 7) is 14.0. The number of aliphatic imine (C=N–C) groups is 2. The molecule has 3 saturated heterocycles. The highest BCUT2D eigenvalue weighted by molar-refractivity contribution is 6.08. The Labute approximate surface area is 315 Å². The molecule has 4 heterocycles. The number of nitrogens with zero attached hydrogens (tertiary/aromatic N) is 6. The number of rotatable bonds is 10. The largest absolute Gasteiger partial charge is 0.508 e. The van der Waals surface area contributed by atoms with Gasteiger partial charge >= 0.3 is 0 Å². The van der Waals surface area contributed by atoms with Crippen LogP contribution in [0.5, 0.6) is 5.75 Å². The van der Waals surface area contributed by atoms with Crippen LogP contribution in [0.2, 0.25) is 0 Å². The molecular formula is C42H60FN7O3. The predicted octanol–water partition coefficient (Wildman–Crippen LogP) is 6.43. The van der Waals surface area contributed by atoms with E-state index in [4.69, 9.17) is 20.5 Å². The fourth-order valence-electron chi connectivity index (χ4n) is 8.64. The lowest BCUT2D eigenvalue weighted by molar-refractivity contribution is -0.105. The van der Waals surface area contributed by atoms with Crippen LogP contribution >= 0.6 is 0 Å². The van der Waals surface area contributed by atoms with E-state index in [1.807, 2.05) is 33.0 Å². The monoisotopic (exact) mass is 729 g/mol. The summed E-state index contributed by atoms with van der Waals surface area (Å²) in [5.41, 5.74) is 12.5. The molecule has 0 atom stereocenters. The van der Waals surface area contributed by atoms with Gasteiger partial charge < -0.3 is 30.3 Å². The third kappa shape index (κ3) is 9.12. The molecule has 0 amide bonds. The van der Waals surface area contributed by atoms with Gasteiger partial charge in [-0.25, -0.2) is 4.39 Å². The van der Waals surface area contributed by atoms with Crippen LogP contribution in [0.4, 0.5) is 10.1 Å². The number of carbonyl (C=O) groups excluding carboxylic acids is 1. The third-order valence-electron chi connectivity index (χ3n) is 11.1. The number of ether oxygens (including phenoxy) is 1. The molecular weight excluding hydrogens is 670 g/mol. The van der Waals surface area contributed by atoms with Crippen molar-refractivity contribution in [3.63, 3.8) is 0 Å². The van der Waals surface area contributed by atoms with Crippen molar-refractivity contribution in [3.8, 4) is 5.75 Å². The Morgan fingerprint density at radius 2 is 1.85 bits per heavy atom. The molecule has 0 unspecified atom stereocenters. The number of benzene rings is 2. The van der Waals surface area contributed by atoms with E-state index < -0.39 is 0 Å². The minimum atomic E-state index is -0.233. The van der Waals surface area contributed by atoms with E-state index in [0.717, 1.165) is 64.9 Å². The van der Waals surface area contributed by atoms with Crippen molar-refractivity contribution in [2.75, 3.05) is 79.0 Å². The summed E-state index contributed by atoms with van der Waals surface area (Å²) in [7, 11) is 7.51. The number of anilines is 1. The van der Waals surface area contributed by atoms with Crippen LogP contribution in [0.25, 0.3) is 10.8 Å². The van der Waals surface area contributed by atoms with Gasteiger partial charge in [0.15, 0.2) is 12.0 Å². The first-order valence-electron chi connectivity index (χ1n) is 19.2. The number of phenols is 1. The number of hydrogen-bond donors (Lipinski definition) is 2. The van der Waals surface area contributed by atoms with Gasteiger partial charge in [0, 0.05) is 53.7 Å². The lowest BCUT2D eigenvalue weighted by atomic mass is 9.88. The maximum absolute atomic E-state index is 15.1. The molecule has 4 aliphatic heterocycles. The van der Waals surface area contributed by atoms with Crippen LogP contribution in [0.1, 0.15) is 70.8 Å². The van der Waals surface area contributed by atoms with Crippen LogP contribution in [-0.2, 0) is 16.0 Å². The Hall–Kier alpha value is -4.22. The molecule has 0 spiro atoms.